The molecule has 0 rings (SSSR count). The van der Waals surface area contributed by atoms with Gasteiger partial charge in [-0.1, -0.05) is 11.6 Å². The Balaban J connectivity index is 4.05. The number of halogens is 1. The van der Waals surface area contributed by atoms with Gasteiger partial charge in [-0.2, -0.15) is 0 Å². The number of hydrogen-bond acceptors (Lipinski definition) is 2. The molecule has 11 heavy (non-hydrogen) atoms. The van der Waals surface area contributed by atoms with Gasteiger partial charge in [0.15, 0.2) is 5.78 Å². The number of ketones is 1. The van der Waals surface area contributed by atoms with E-state index in [9.17, 15) is 4.79 Å². The summed E-state index contributed by atoms with van der Waals surface area (Å²) in [5.74, 6) is -0.00435. The first-order valence-corrected chi connectivity index (χ1v) is 3.62. The second-order valence-electron chi connectivity index (χ2n) is 2.42. The Morgan fingerprint density at radius 2 is 1.91 bits per heavy atom. The Hall–Kier alpha value is -0.760. The quantitative estimate of drug-likeness (QED) is 0.479. The molecule has 0 aliphatic heterocycles. The van der Waals surface area contributed by atoms with E-state index in [1.165, 1.54) is 13.0 Å². The molecule has 0 N–H and O–H groups in total. The van der Waals surface area contributed by atoms with Gasteiger partial charge >= 0.3 is 0 Å². The van der Waals surface area contributed by atoms with Gasteiger partial charge in [-0.05, 0) is 19.1 Å². The molecule has 0 aromatic carbocycles. The Labute approximate surface area is 72.1 Å². The first-order valence-electron chi connectivity index (χ1n) is 3.25. The maximum atomic E-state index is 10.4. The topological polar surface area (TPSA) is 20.3 Å². The summed E-state index contributed by atoms with van der Waals surface area (Å²) in [6, 6.07) is 0. The molecule has 0 saturated carbocycles. The van der Waals surface area contributed by atoms with Crippen molar-refractivity contribution in [3.05, 3.63) is 23.4 Å². The highest BCUT2D eigenvalue weighted by atomic mass is 35.5. The van der Waals surface area contributed by atoms with Gasteiger partial charge in [-0.15, -0.1) is 0 Å². The van der Waals surface area contributed by atoms with E-state index in [-0.39, 0.29) is 5.78 Å². The normalized spacial score (nSPS) is 12.2. The SMILES string of the molecule is CC(=O)C=CC(Cl)=CN(C)C. The van der Waals surface area contributed by atoms with Gasteiger partial charge in [0, 0.05) is 20.3 Å². The molecule has 3 heteroatoms. The van der Waals surface area contributed by atoms with Gasteiger partial charge < -0.3 is 4.90 Å². The Morgan fingerprint density at radius 1 is 1.36 bits per heavy atom. The van der Waals surface area contributed by atoms with E-state index in [2.05, 4.69) is 0 Å². The maximum Gasteiger partial charge on any atom is 0.152 e. The Kier molecular flexibility index (Phi) is 4.62. The van der Waals surface area contributed by atoms with Crippen LogP contribution in [0.3, 0.4) is 0 Å². The highest BCUT2D eigenvalue weighted by Gasteiger charge is 1.87. The fraction of sp³-hybridized carbons (Fsp3) is 0.375. The van der Waals surface area contributed by atoms with E-state index in [0.717, 1.165) is 0 Å². The molecule has 62 valence electrons. The largest absolute Gasteiger partial charge is 0.382 e. The molecule has 0 heterocycles. The fourth-order valence-electron chi connectivity index (χ4n) is 0.487. The van der Waals surface area contributed by atoms with Crippen molar-refractivity contribution in [2.24, 2.45) is 0 Å². The highest BCUT2D eigenvalue weighted by molar-refractivity contribution is 6.31. The third-order valence-electron chi connectivity index (χ3n) is 0.859. The summed E-state index contributed by atoms with van der Waals surface area (Å²) >= 11 is 5.70. The molecule has 0 bridgehead atoms. The number of rotatable bonds is 3. The van der Waals surface area contributed by atoms with Crippen molar-refractivity contribution in [1.82, 2.24) is 4.90 Å². The van der Waals surface area contributed by atoms with Crippen LogP contribution in [0.4, 0.5) is 0 Å². The molecule has 0 aromatic heterocycles. The van der Waals surface area contributed by atoms with Gasteiger partial charge in [-0.3, -0.25) is 4.79 Å². The van der Waals surface area contributed by atoms with E-state index in [0.29, 0.717) is 5.03 Å². The molecule has 0 aliphatic rings. The zero-order valence-corrected chi connectivity index (χ0v) is 7.72. The summed E-state index contributed by atoms with van der Waals surface area (Å²) in [6.45, 7) is 1.48. The fourth-order valence-corrected chi connectivity index (χ4v) is 0.745. The zero-order chi connectivity index (χ0) is 8.85. The lowest BCUT2D eigenvalue weighted by atomic mass is 10.4. The lowest BCUT2D eigenvalue weighted by Gasteiger charge is -2.03. The van der Waals surface area contributed by atoms with Crippen molar-refractivity contribution < 1.29 is 4.79 Å². The second-order valence-corrected chi connectivity index (χ2v) is 2.86. The molecule has 2 nitrogen and oxygen atoms in total. The molecule has 0 amide bonds. The van der Waals surface area contributed by atoms with Crippen molar-refractivity contribution in [3.8, 4) is 0 Å². The standard InChI is InChI=1S/C8H12ClNO/c1-7(11)4-5-8(9)6-10(2)3/h4-6H,1-3H3. The average molecular weight is 174 g/mol. The number of allylic oxidation sites excluding steroid dienone is 3. The van der Waals surface area contributed by atoms with Gasteiger partial charge in [0.2, 0.25) is 0 Å². The van der Waals surface area contributed by atoms with E-state index < -0.39 is 0 Å². The summed E-state index contributed by atoms with van der Waals surface area (Å²) in [5.41, 5.74) is 0. The summed E-state index contributed by atoms with van der Waals surface area (Å²) in [7, 11) is 3.73. The van der Waals surface area contributed by atoms with Crippen LogP contribution >= 0.6 is 11.6 Å². The van der Waals surface area contributed by atoms with Crippen molar-refractivity contribution in [2.45, 2.75) is 6.92 Å². The van der Waals surface area contributed by atoms with Gasteiger partial charge in [0.05, 0.1) is 5.03 Å². The molecule has 0 aliphatic carbocycles. The van der Waals surface area contributed by atoms with Crippen LogP contribution in [0.15, 0.2) is 23.4 Å². The van der Waals surface area contributed by atoms with E-state index in [1.807, 2.05) is 19.0 Å². The molecular weight excluding hydrogens is 162 g/mol. The maximum absolute atomic E-state index is 10.4. The molecule has 0 radical (unpaired) electrons. The monoisotopic (exact) mass is 173 g/mol. The summed E-state index contributed by atoms with van der Waals surface area (Å²) in [6.07, 6.45) is 4.73. The minimum Gasteiger partial charge on any atom is -0.382 e. The lowest BCUT2D eigenvalue weighted by molar-refractivity contribution is -0.112. The van der Waals surface area contributed by atoms with Crippen LogP contribution in [0, 0.1) is 0 Å². The Morgan fingerprint density at radius 3 is 2.27 bits per heavy atom. The van der Waals surface area contributed by atoms with Crippen LogP contribution in [0.25, 0.3) is 0 Å². The van der Waals surface area contributed by atoms with Crippen molar-refractivity contribution in [1.29, 1.82) is 0 Å². The van der Waals surface area contributed by atoms with Crippen LogP contribution in [0.2, 0.25) is 0 Å². The average Bonchev–Trinajstić information content (AvgIpc) is 1.82. The Bertz CT molecular complexity index is 194. The van der Waals surface area contributed by atoms with Crippen LogP contribution in [0.5, 0.6) is 0 Å². The van der Waals surface area contributed by atoms with E-state index >= 15 is 0 Å². The van der Waals surface area contributed by atoms with Gasteiger partial charge in [0.25, 0.3) is 0 Å². The number of carbonyl (C=O) groups is 1. The zero-order valence-electron chi connectivity index (χ0n) is 6.97. The molecule has 0 spiro atoms. The van der Waals surface area contributed by atoms with Crippen LogP contribution < -0.4 is 0 Å². The first kappa shape index (κ1) is 10.2. The van der Waals surface area contributed by atoms with E-state index in [4.69, 9.17) is 11.6 Å². The first-order chi connectivity index (χ1) is 5.02. The van der Waals surface area contributed by atoms with Gasteiger partial charge in [-0.25, -0.2) is 0 Å². The predicted molar refractivity (Wildman–Crippen MR) is 47.4 cm³/mol. The van der Waals surface area contributed by atoms with Crippen molar-refractivity contribution in [2.75, 3.05) is 14.1 Å². The minimum absolute atomic E-state index is 0.00435. The van der Waals surface area contributed by atoms with Crippen molar-refractivity contribution >= 4 is 17.4 Å². The second kappa shape index (κ2) is 4.97. The van der Waals surface area contributed by atoms with Crippen molar-refractivity contribution in [3.63, 3.8) is 0 Å². The van der Waals surface area contributed by atoms with Crippen LogP contribution in [-0.2, 0) is 4.79 Å². The summed E-state index contributed by atoms with van der Waals surface area (Å²) < 4.78 is 0. The smallest absolute Gasteiger partial charge is 0.152 e. The third-order valence-corrected chi connectivity index (χ3v) is 1.08. The lowest BCUT2D eigenvalue weighted by Crippen LogP contribution is -2.00. The predicted octanol–water partition coefficient (Wildman–Crippen LogP) is 1.77. The summed E-state index contributed by atoms with van der Waals surface area (Å²) in [4.78, 5) is 12.3. The molecular formula is C8H12ClNO. The number of carbonyl (C=O) groups excluding carboxylic acids is 1. The molecule has 0 unspecified atom stereocenters. The minimum atomic E-state index is -0.00435. The van der Waals surface area contributed by atoms with Gasteiger partial charge in [0.1, 0.15) is 0 Å². The van der Waals surface area contributed by atoms with E-state index in [1.54, 1.807) is 12.3 Å². The molecule has 0 saturated heterocycles. The van der Waals surface area contributed by atoms with Crippen LogP contribution in [-0.4, -0.2) is 24.8 Å². The van der Waals surface area contributed by atoms with Crippen LogP contribution in [0.1, 0.15) is 6.92 Å². The third kappa shape index (κ3) is 7.13. The number of hydrogen-bond donors (Lipinski definition) is 0. The highest BCUT2D eigenvalue weighted by Crippen LogP contribution is 2.03. The molecule has 0 atom stereocenters. The summed E-state index contributed by atoms with van der Waals surface area (Å²) in [5, 5.41) is 0.546. The molecule has 0 fully saturated rings. The molecule has 0 aromatic rings. The number of nitrogens with zero attached hydrogens (tertiary/aromatic N) is 1.